The number of piperazine rings is 1. The molecule has 0 atom stereocenters. The Bertz CT molecular complexity index is 1180. The van der Waals surface area contributed by atoms with Crippen molar-refractivity contribution < 1.29 is 9.21 Å². The number of nitrogens with zero attached hydrogens (tertiary/aromatic N) is 5. The van der Waals surface area contributed by atoms with E-state index in [9.17, 15) is 4.79 Å². The molecule has 9 nitrogen and oxygen atoms in total. The molecule has 2 aliphatic heterocycles. The molecule has 1 saturated carbocycles. The molecule has 3 aromatic heterocycles. The molecule has 6 rings (SSSR count). The SMILES string of the molecule is CN1CCN(c2ccc(Nc3ncc4oc5c(c4n3)C3(CCCCC3)CNC5=O)nc2)CC1. The molecule has 0 bridgehead atoms. The predicted octanol–water partition coefficient (Wildman–Crippen LogP) is 3.06. The van der Waals surface area contributed by atoms with Crippen molar-refractivity contribution >= 4 is 34.5 Å². The van der Waals surface area contributed by atoms with Gasteiger partial charge in [-0.1, -0.05) is 19.3 Å². The molecule has 33 heavy (non-hydrogen) atoms. The van der Waals surface area contributed by atoms with Crippen LogP contribution < -0.4 is 15.5 Å². The lowest BCUT2D eigenvalue weighted by atomic mass is 9.67. The van der Waals surface area contributed by atoms with E-state index in [4.69, 9.17) is 9.40 Å². The molecular formula is C24H29N7O2. The fraction of sp³-hybridized carbons (Fsp3) is 0.500. The average Bonchev–Trinajstić information content (AvgIpc) is 3.24. The van der Waals surface area contributed by atoms with Gasteiger partial charge in [0.15, 0.2) is 11.3 Å². The van der Waals surface area contributed by atoms with Gasteiger partial charge in [0.1, 0.15) is 11.3 Å². The zero-order chi connectivity index (χ0) is 22.4. The maximum absolute atomic E-state index is 12.6. The highest BCUT2D eigenvalue weighted by Gasteiger charge is 2.44. The Balaban J connectivity index is 1.29. The molecule has 172 valence electrons. The number of anilines is 3. The molecule has 9 heteroatoms. The van der Waals surface area contributed by atoms with Crippen LogP contribution in [0, 0.1) is 0 Å². The Morgan fingerprint density at radius 1 is 1.06 bits per heavy atom. The Hall–Kier alpha value is -3.20. The number of fused-ring (bicyclic) bond motifs is 4. The van der Waals surface area contributed by atoms with Crippen LogP contribution in [0.2, 0.25) is 0 Å². The number of furan rings is 1. The summed E-state index contributed by atoms with van der Waals surface area (Å²) < 4.78 is 5.94. The number of carbonyl (C=O) groups excluding carboxylic acids is 1. The molecule has 5 heterocycles. The maximum Gasteiger partial charge on any atom is 0.287 e. The third-order valence-electron chi connectivity index (χ3n) is 7.42. The van der Waals surface area contributed by atoms with Crippen LogP contribution >= 0.6 is 0 Å². The van der Waals surface area contributed by atoms with Gasteiger partial charge in [-0.15, -0.1) is 0 Å². The van der Waals surface area contributed by atoms with Crippen LogP contribution in [0.25, 0.3) is 11.1 Å². The fourth-order valence-electron chi connectivity index (χ4n) is 5.50. The lowest BCUT2D eigenvalue weighted by Gasteiger charge is -2.39. The molecule has 2 N–H and O–H groups in total. The van der Waals surface area contributed by atoms with Gasteiger partial charge in [0.05, 0.1) is 18.1 Å². The van der Waals surface area contributed by atoms with E-state index >= 15 is 0 Å². The fourth-order valence-corrected chi connectivity index (χ4v) is 5.50. The number of nitrogens with one attached hydrogen (secondary N) is 2. The smallest absolute Gasteiger partial charge is 0.287 e. The van der Waals surface area contributed by atoms with Crippen LogP contribution in [0.4, 0.5) is 17.5 Å². The summed E-state index contributed by atoms with van der Waals surface area (Å²) >= 11 is 0. The first kappa shape index (κ1) is 20.4. The van der Waals surface area contributed by atoms with E-state index in [1.807, 2.05) is 12.3 Å². The molecular weight excluding hydrogens is 418 g/mol. The summed E-state index contributed by atoms with van der Waals surface area (Å²) in [4.78, 5) is 31.0. The van der Waals surface area contributed by atoms with Crippen molar-refractivity contribution in [3.63, 3.8) is 0 Å². The van der Waals surface area contributed by atoms with Crippen LogP contribution in [-0.4, -0.2) is 65.5 Å². The summed E-state index contributed by atoms with van der Waals surface area (Å²) in [6, 6.07) is 4.04. The van der Waals surface area contributed by atoms with E-state index in [0.717, 1.165) is 68.6 Å². The third-order valence-corrected chi connectivity index (χ3v) is 7.42. The molecule has 2 fully saturated rings. The standard InChI is InChI=1S/C24H29N7O2/c1-30-9-11-31(12-10-30)16-5-6-18(25-13-16)28-23-26-14-17-20(29-23)19-21(33-17)22(32)27-15-24(19)7-3-2-4-8-24/h5-6,13-14H,2-4,7-12,15H2,1H3,(H,27,32)(H,25,26,28,29). The van der Waals surface area contributed by atoms with Crippen molar-refractivity contribution in [3.8, 4) is 0 Å². The summed E-state index contributed by atoms with van der Waals surface area (Å²) in [5.74, 6) is 1.40. The topological polar surface area (TPSA) is 99.4 Å². The predicted molar refractivity (Wildman–Crippen MR) is 126 cm³/mol. The van der Waals surface area contributed by atoms with E-state index in [2.05, 4.69) is 43.5 Å². The van der Waals surface area contributed by atoms with Crippen LogP contribution in [0.1, 0.15) is 48.2 Å². The first-order chi connectivity index (χ1) is 16.1. The zero-order valence-corrected chi connectivity index (χ0v) is 18.9. The molecule has 3 aliphatic rings. The van der Waals surface area contributed by atoms with Gasteiger partial charge >= 0.3 is 0 Å². The lowest BCUT2D eigenvalue weighted by Crippen LogP contribution is -2.47. The number of rotatable bonds is 3. The second-order valence-corrected chi connectivity index (χ2v) is 9.55. The number of likely N-dealkylation sites (N-methyl/N-ethyl adjacent to an activating group) is 1. The van der Waals surface area contributed by atoms with Gasteiger partial charge in [-0.2, -0.15) is 0 Å². The van der Waals surface area contributed by atoms with Gasteiger partial charge in [-0.05, 0) is 32.0 Å². The quantitative estimate of drug-likeness (QED) is 0.632. The summed E-state index contributed by atoms with van der Waals surface area (Å²) in [6.07, 6.45) is 9.18. The maximum atomic E-state index is 12.6. The van der Waals surface area contributed by atoms with Crippen molar-refractivity contribution in [2.45, 2.75) is 37.5 Å². The minimum absolute atomic E-state index is 0.0965. The molecule has 1 amide bonds. The van der Waals surface area contributed by atoms with Gasteiger partial charge in [0.25, 0.3) is 5.91 Å². The highest BCUT2D eigenvalue weighted by atomic mass is 16.3. The number of hydrogen-bond donors (Lipinski definition) is 2. The zero-order valence-electron chi connectivity index (χ0n) is 18.9. The lowest BCUT2D eigenvalue weighted by molar-refractivity contribution is 0.0882. The van der Waals surface area contributed by atoms with Crippen LogP contribution in [0.15, 0.2) is 28.9 Å². The highest BCUT2D eigenvalue weighted by Crippen LogP contribution is 2.46. The highest BCUT2D eigenvalue weighted by molar-refractivity contribution is 6.00. The van der Waals surface area contributed by atoms with E-state index in [1.54, 1.807) is 6.20 Å². The minimum Gasteiger partial charge on any atom is -0.447 e. The van der Waals surface area contributed by atoms with Gasteiger partial charge in [0.2, 0.25) is 5.95 Å². The van der Waals surface area contributed by atoms with E-state index in [-0.39, 0.29) is 11.3 Å². The molecule has 0 unspecified atom stereocenters. The van der Waals surface area contributed by atoms with E-state index in [0.29, 0.717) is 29.7 Å². The molecule has 3 aromatic rings. The second-order valence-electron chi connectivity index (χ2n) is 9.55. The Morgan fingerprint density at radius 3 is 2.64 bits per heavy atom. The number of amides is 1. The van der Waals surface area contributed by atoms with E-state index in [1.165, 1.54) is 6.42 Å². The second kappa shape index (κ2) is 7.98. The van der Waals surface area contributed by atoms with E-state index < -0.39 is 0 Å². The Morgan fingerprint density at radius 2 is 1.88 bits per heavy atom. The minimum atomic E-state index is -0.158. The normalized spacial score (nSPS) is 20.6. The van der Waals surface area contributed by atoms with Crippen molar-refractivity contribution in [2.75, 3.05) is 50.0 Å². The van der Waals surface area contributed by atoms with Gasteiger partial charge in [-0.25, -0.2) is 15.0 Å². The Labute approximate surface area is 192 Å². The number of pyridine rings is 1. The summed E-state index contributed by atoms with van der Waals surface area (Å²) in [5.41, 5.74) is 3.30. The molecule has 1 saturated heterocycles. The summed E-state index contributed by atoms with van der Waals surface area (Å²) in [7, 11) is 2.15. The van der Waals surface area contributed by atoms with Crippen molar-refractivity contribution in [3.05, 3.63) is 35.9 Å². The third kappa shape index (κ3) is 3.60. The van der Waals surface area contributed by atoms with Gasteiger partial charge in [0, 0.05) is 43.7 Å². The monoisotopic (exact) mass is 447 g/mol. The van der Waals surface area contributed by atoms with Crippen molar-refractivity contribution in [2.24, 2.45) is 0 Å². The van der Waals surface area contributed by atoms with Gasteiger partial charge < -0.3 is 24.9 Å². The molecule has 0 radical (unpaired) electrons. The number of carbonyl (C=O) groups is 1. The van der Waals surface area contributed by atoms with Crippen molar-refractivity contribution in [1.29, 1.82) is 0 Å². The first-order valence-corrected chi connectivity index (χ1v) is 11.9. The largest absolute Gasteiger partial charge is 0.447 e. The number of aromatic nitrogens is 3. The van der Waals surface area contributed by atoms with Gasteiger partial charge in [-0.3, -0.25) is 4.79 Å². The average molecular weight is 448 g/mol. The molecule has 1 spiro atoms. The summed E-state index contributed by atoms with van der Waals surface area (Å²) in [6.45, 7) is 4.78. The summed E-state index contributed by atoms with van der Waals surface area (Å²) in [5, 5.41) is 6.27. The van der Waals surface area contributed by atoms with Crippen LogP contribution in [-0.2, 0) is 5.41 Å². The number of hydrogen-bond acceptors (Lipinski definition) is 8. The Kier molecular flexibility index (Phi) is 4.94. The first-order valence-electron chi connectivity index (χ1n) is 11.9. The van der Waals surface area contributed by atoms with Crippen LogP contribution in [0.5, 0.6) is 0 Å². The van der Waals surface area contributed by atoms with Crippen molar-refractivity contribution in [1.82, 2.24) is 25.2 Å². The molecule has 1 aliphatic carbocycles. The van der Waals surface area contributed by atoms with Crippen LogP contribution in [0.3, 0.4) is 0 Å². The molecule has 0 aromatic carbocycles.